The van der Waals surface area contributed by atoms with Gasteiger partial charge >= 0.3 is 0 Å². The van der Waals surface area contributed by atoms with Crippen LogP contribution in [0.3, 0.4) is 0 Å². The largest absolute Gasteiger partial charge is 0.0882 e. The second-order valence-corrected chi connectivity index (χ2v) is 10.9. The Balaban J connectivity index is 3.36. The maximum absolute atomic E-state index is 2.37. The van der Waals surface area contributed by atoms with Crippen LogP contribution in [-0.2, 0) is 0 Å². The number of rotatable bonds is 28. The van der Waals surface area contributed by atoms with Crippen LogP contribution in [0.5, 0.6) is 0 Å². The van der Waals surface area contributed by atoms with Gasteiger partial charge in [0.1, 0.15) is 0 Å². The molecule has 0 aliphatic carbocycles. The fourth-order valence-electron chi connectivity index (χ4n) is 4.64. The van der Waals surface area contributed by atoms with E-state index in [2.05, 4.69) is 69.4 Å². The summed E-state index contributed by atoms with van der Waals surface area (Å²) in [6, 6.07) is 0. The van der Waals surface area contributed by atoms with Crippen LogP contribution in [0.4, 0.5) is 0 Å². The van der Waals surface area contributed by atoms with Crippen molar-refractivity contribution in [1.82, 2.24) is 0 Å². The smallest absolute Gasteiger partial charge is 0.0169 e. The lowest BCUT2D eigenvalue weighted by atomic mass is 9.97. The highest BCUT2D eigenvalue weighted by molar-refractivity contribution is 5.00. The van der Waals surface area contributed by atoms with Crippen molar-refractivity contribution in [2.75, 3.05) is 0 Å². The third-order valence-electron chi connectivity index (χ3n) is 7.15. The van der Waals surface area contributed by atoms with E-state index in [-0.39, 0.29) is 0 Å². The molecule has 1 radical (unpaired) electrons. The Labute approximate surface area is 229 Å². The van der Waals surface area contributed by atoms with Crippen LogP contribution in [0.25, 0.3) is 0 Å². The van der Waals surface area contributed by atoms with Crippen LogP contribution in [-0.4, -0.2) is 0 Å². The second kappa shape index (κ2) is 32.0. The van der Waals surface area contributed by atoms with Gasteiger partial charge in [-0.2, -0.15) is 0 Å². The molecule has 0 spiro atoms. The minimum absolute atomic E-state index is 1.06. The van der Waals surface area contributed by atoms with Crippen molar-refractivity contribution in [3.05, 3.63) is 54.5 Å². The Bertz CT molecular complexity index is 506. The van der Waals surface area contributed by atoms with Gasteiger partial charge in [0.15, 0.2) is 0 Å². The van der Waals surface area contributed by atoms with Crippen molar-refractivity contribution >= 4 is 0 Å². The van der Waals surface area contributed by atoms with Crippen molar-refractivity contribution < 1.29 is 0 Å². The molecule has 0 aliphatic rings. The van der Waals surface area contributed by atoms with Crippen molar-refractivity contribution in [2.45, 2.75) is 175 Å². The summed E-state index contributed by atoms with van der Waals surface area (Å²) < 4.78 is 0. The molecule has 0 bridgehead atoms. The maximum atomic E-state index is 2.37. The standard InChI is InChI=1S/C36H65/c1-4-6-8-10-12-14-16-18-20-21-23-25-27-29-31-33-35-36(3)34-32-30-28-26-24-22-19-17-15-13-11-9-7-5-2/h12,14,18,20,23,25,29,31H,4-11,13,15-17,19,21-22,24,26-28,30,32-35H2,1-3H3/b14-12-,20-18-,25-23-,31-29-. The van der Waals surface area contributed by atoms with Crippen LogP contribution >= 0.6 is 0 Å². The number of unbranched alkanes of at least 4 members (excludes halogenated alkanes) is 16. The van der Waals surface area contributed by atoms with Crippen molar-refractivity contribution in [3.63, 3.8) is 0 Å². The molecule has 0 heteroatoms. The Hall–Kier alpha value is -1.04. The summed E-state index contributed by atoms with van der Waals surface area (Å²) in [5, 5.41) is 0. The van der Waals surface area contributed by atoms with Crippen LogP contribution < -0.4 is 0 Å². The summed E-state index contributed by atoms with van der Waals surface area (Å²) in [5.41, 5.74) is 0. The summed E-state index contributed by atoms with van der Waals surface area (Å²) in [7, 11) is 0. The summed E-state index contributed by atoms with van der Waals surface area (Å²) in [4.78, 5) is 0. The van der Waals surface area contributed by atoms with E-state index in [0.717, 1.165) is 19.3 Å². The first kappa shape index (κ1) is 35.0. The van der Waals surface area contributed by atoms with Gasteiger partial charge in [0.25, 0.3) is 0 Å². The number of hydrogen-bond donors (Lipinski definition) is 0. The number of hydrogen-bond acceptors (Lipinski definition) is 0. The average Bonchev–Trinajstić information content (AvgIpc) is 2.88. The minimum atomic E-state index is 1.06. The lowest BCUT2D eigenvalue weighted by Gasteiger charge is -2.09. The van der Waals surface area contributed by atoms with Gasteiger partial charge in [-0.3, -0.25) is 0 Å². The summed E-state index contributed by atoms with van der Waals surface area (Å²) in [5.74, 6) is 1.69. The quantitative estimate of drug-likeness (QED) is 0.0744. The molecule has 0 rings (SSSR count). The third kappa shape index (κ3) is 31.0. The van der Waals surface area contributed by atoms with Crippen LogP contribution in [0.1, 0.15) is 175 Å². The summed E-state index contributed by atoms with van der Waals surface area (Å²) in [6.07, 6.45) is 51.0. The molecule has 0 unspecified atom stereocenters. The first-order valence-electron chi connectivity index (χ1n) is 16.2. The Morgan fingerprint density at radius 1 is 0.361 bits per heavy atom. The van der Waals surface area contributed by atoms with E-state index in [1.165, 1.54) is 135 Å². The van der Waals surface area contributed by atoms with E-state index < -0.39 is 0 Å². The van der Waals surface area contributed by atoms with E-state index >= 15 is 0 Å². The van der Waals surface area contributed by atoms with Gasteiger partial charge in [0.05, 0.1) is 0 Å². The van der Waals surface area contributed by atoms with Crippen LogP contribution in [0.15, 0.2) is 48.6 Å². The number of allylic oxidation sites excluding steroid dienone is 8. The third-order valence-corrected chi connectivity index (χ3v) is 7.15. The molecule has 0 nitrogen and oxygen atoms in total. The Morgan fingerprint density at radius 2 is 0.722 bits per heavy atom. The first-order chi connectivity index (χ1) is 17.8. The molecule has 0 aromatic carbocycles. The molecular formula is C36H65. The average molecular weight is 498 g/mol. The molecule has 0 aromatic rings. The van der Waals surface area contributed by atoms with Crippen molar-refractivity contribution in [2.24, 2.45) is 0 Å². The molecule has 0 atom stereocenters. The van der Waals surface area contributed by atoms with E-state index in [4.69, 9.17) is 0 Å². The van der Waals surface area contributed by atoms with Crippen LogP contribution in [0.2, 0.25) is 0 Å². The molecule has 0 heterocycles. The molecule has 0 N–H and O–H groups in total. The highest BCUT2D eigenvalue weighted by Crippen LogP contribution is 2.19. The molecule has 0 saturated heterocycles. The molecule has 0 aliphatic heterocycles. The van der Waals surface area contributed by atoms with Gasteiger partial charge in [0, 0.05) is 0 Å². The SMILES string of the molecule is CCCCC/C=C\C/C=C\C/C=C\C/C=C\CC[C](C)CCCCCCCCCCCCCCCC. The molecule has 36 heavy (non-hydrogen) atoms. The van der Waals surface area contributed by atoms with Gasteiger partial charge in [-0.1, -0.05) is 172 Å². The molecule has 0 aromatic heterocycles. The fraction of sp³-hybridized carbons (Fsp3) is 0.750. The van der Waals surface area contributed by atoms with E-state index in [1.54, 1.807) is 5.92 Å². The van der Waals surface area contributed by atoms with Crippen LogP contribution in [0, 0.1) is 5.92 Å². The van der Waals surface area contributed by atoms with Crippen molar-refractivity contribution in [1.29, 1.82) is 0 Å². The summed E-state index contributed by atoms with van der Waals surface area (Å²) in [6.45, 7) is 6.93. The van der Waals surface area contributed by atoms with Gasteiger partial charge in [-0.15, -0.1) is 0 Å². The molecule has 0 saturated carbocycles. The lowest BCUT2D eigenvalue weighted by Crippen LogP contribution is -1.91. The monoisotopic (exact) mass is 498 g/mol. The predicted molar refractivity (Wildman–Crippen MR) is 168 cm³/mol. The van der Waals surface area contributed by atoms with Crippen molar-refractivity contribution in [3.8, 4) is 0 Å². The van der Waals surface area contributed by atoms with Gasteiger partial charge in [-0.25, -0.2) is 0 Å². The summed E-state index contributed by atoms with van der Waals surface area (Å²) >= 11 is 0. The second-order valence-electron chi connectivity index (χ2n) is 10.9. The zero-order chi connectivity index (χ0) is 26.2. The zero-order valence-corrected chi connectivity index (χ0v) is 25.1. The highest BCUT2D eigenvalue weighted by Gasteiger charge is 2.01. The Morgan fingerprint density at radius 3 is 1.19 bits per heavy atom. The predicted octanol–water partition coefficient (Wildman–Crippen LogP) is 13.2. The molecule has 0 amide bonds. The van der Waals surface area contributed by atoms with E-state index in [1.807, 2.05) is 0 Å². The minimum Gasteiger partial charge on any atom is -0.0882 e. The maximum Gasteiger partial charge on any atom is -0.0169 e. The highest BCUT2D eigenvalue weighted by atomic mass is 14.1. The van der Waals surface area contributed by atoms with Gasteiger partial charge < -0.3 is 0 Å². The van der Waals surface area contributed by atoms with E-state index in [9.17, 15) is 0 Å². The fourth-order valence-corrected chi connectivity index (χ4v) is 4.64. The topological polar surface area (TPSA) is 0 Å². The zero-order valence-electron chi connectivity index (χ0n) is 25.1. The van der Waals surface area contributed by atoms with Gasteiger partial charge in [0.2, 0.25) is 0 Å². The van der Waals surface area contributed by atoms with Gasteiger partial charge in [-0.05, 0) is 57.3 Å². The lowest BCUT2D eigenvalue weighted by molar-refractivity contribution is 0.531. The first-order valence-corrected chi connectivity index (χ1v) is 16.2. The molecule has 209 valence electrons. The molecular weight excluding hydrogens is 432 g/mol. The molecule has 0 fully saturated rings. The normalized spacial score (nSPS) is 12.6. The van der Waals surface area contributed by atoms with E-state index in [0.29, 0.717) is 0 Å². The Kier molecular flexibility index (Phi) is 31.1.